The number of ether oxygens (including phenoxy) is 1. The molecule has 4 aliphatic carbocycles. The number of hydrogen-bond acceptors (Lipinski definition) is 7. The third-order valence-electron chi connectivity index (χ3n) is 11.8. The maximum Gasteiger partial charge on any atom is 0.328 e. The van der Waals surface area contributed by atoms with Crippen molar-refractivity contribution in [3.8, 4) is 0 Å². The van der Waals surface area contributed by atoms with Crippen LogP contribution in [0.2, 0.25) is 0 Å². The summed E-state index contributed by atoms with van der Waals surface area (Å²) in [4.78, 5) is 33.9. The molecule has 9 heteroatoms. The van der Waals surface area contributed by atoms with Gasteiger partial charge in [-0.2, -0.15) is 0 Å². The minimum atomic E-state index is -0.854. The molecule has 232 valence electrons. The fraction of sp³-hybridized carbons (Fsp3) is 0.618. The number of para-hydroxylation sites is 1. The quantitative estimate of drug-likeness (QED) is 0.278. The number of hydrogen-bond donors (Lipinski definition) is 4. The lowest BCUT2D eigenvalue weighted by Crippen LogP contribution is -2.59. The Kier molecular flexibility index (Phi) is 7.70. The van der Waals surface area contributed by atoms with Crippen molar-refractivity contribution in [1.29, 1.82) is 0 Å². The van der Waals surface area contributed by atoms with Crippen LogP contribution >= 0.6 is 0 Å². The van der Waals surface area contributed by atoms with Crippen LogP contribution in [0.3, 0.4) is 0 Å². The largest absolute Gasteiger partial charge is 0.467 e. The number of allylic oxidation sites excluding steroid dienone is 2. The Morgan fingerprint density at radius 3 is 2.74 bits per heavy atom. The summed E-state index contributed by atoms with van der Waals surface area (Å²) in [7, 11) is 1.30. The number of amides is 1. The van der Waals surface area contributed by atoms with E-state index in [1.165, 1.54) is 12.7 Å². The van der Waals surface area contributed by atoms with Crippen LogP contribution < -0.4 is 5.32 Å². The highest BCUT2D eigenvalue weighted by molar-refractivity contribution is 5.96. The molecule has 5 unspecified atom stereocenters. The van der Waals surface area contributed by atoms with Crippen molar-refractivity contribution < 1.29 is 29.4 Å². The molecule has 43 heavy (non-hydrogen) atoms. The van der Waals surface area contributed by atoms with Crippen LogP contribution in [-0.4, -0.2) is 64.2 Å². The van der Waals surface area contributed by atoms with Gasteiger partial charge in [0, 0.05) is 28.9 Å². The first-order valence-electron chi connectivity index (χ1n) is 15.7. The number of fused-ring (bicyclic) bond motifs is 6. The van der Waals surface area contributed by atoms with Crippen molar-refractivity contribution in [1.82, 2.24) is 10.3 Å². The van der Waals surface area contributed by atoms with Crippen LogP contribution in [0.1, 0.15) is 71.3 Å². The van der Waals surface area contributed by atoms with Gasteiger partial charge in [0.1, 0.15) is 6.04 Å². The van der Waals surface area contributed by atoms with E-state index in [9.17, 15) is 19.8 Å². The lowest BCUT2D eigenvalue weighted by molar-refractivity contribution is -0.164. The summed E-state index contributed by atoms with van der Waals surface area (Å²) in [6.45, 7) is 6.13. The molecule has 1 aromatic heterocycles. The average molecular weight is 592 g/mol. The highest BCUT2D eigenvalue weighted by atomic mass is 16.6. The number of nitrogens with one attached hydrogen (secondary N) is 2. The minimum absolute atomic E-state index is 0.120. The summed E-state index contributed by atoms with van der Waals surface area (Å²) >= 11 is 0. The van der Waals surface area contributed by atoms with Gasteiger partial charge in [-0.25, -0.2) is 4.79 Å². The Balaban J connectivity index is 1.09. The second-order valence-corrected chi connectivity index (χ2v) is 14.0. The Bertz CT molecular complexity index is 1460. The van der Waals surface area contributed by atoms with E-state index >= 15 is 0 Å². The molecule has 0 bridgehead atoms. The van der Waals surface area contributed by atoms with Gasteiger partial charge in [0.25, 0.3) is 5.91 Å². The van der Waals surface area contributed by atoms with Gasteiger partial charge in [0.15, 0.2) is 6.61 Å². The van der Waals surface area contributed by atoms with Crippen LogP contribution in [-0.2, 0) is 25.6 Å². The number of carbonyl (C=O) groups is 2. The van der Waals surface area contributed by atoms with Crippen molar-refractivity contribution in [3.05, 3.63) is 47.7 Å². The first-order chi connectivity index (χ1) is 20.5. The fourth-order valence-corrected chi connectivity index (χ4v) is 9.26. The van der Waals surface area contributed by atoms with Crippen LogP contribution in [0.5, 0.6) is 0 Å². The fourth-order valence-electron chi connectivity index (χ4n) is 9.26. The lowest BCUT2D eigenvalue weighted by Gasteiger charge is -2.60. The summed E-state index contributed by atoms with van der Waals surface area (Å²) in [6, 6.07) is 6.94. The Morgan fingerprint density at radius 2 is 1.95 bits per heavy atom. The molecule has 1 aromatic carbocycles. The summed E-state index contributed by atoms with van der Waals surface area (Å²) in [5, 5.41) is 30.7. The second-order valence-electron chi connectivity index (χ2n) is 14.0. The van der Waals surface area contributed by atoms with E-state index in [1.54, 1.807) is 0 Å². The van der Waals surface area contributed by atoms with Crippen LogP contribution in [0.4, 0.5) is 0 Å². The lowest BCUT2D eigenvalue weighted by atomic mass is 9.45. The third kappa shape index (κ3) is 5.08. The number of aliphatic hydroxyl groups excluding tert-OH is 1. The zero-order valence-corrected chi connectivity index (χ0v) is 25.7. The summed E-state index contributed by atoms with van der Waals surface area (Å²) in [5.41, 5.74) is 2.85. The SMILES string of the molecule is COC(=O)C(Cc1c[nH]c2ccccc12)NC(=O)CO/N=C1/C=C2CCC3C(C(O)C[C@@]4(C)C3CC[C@]4(C)O)[C@@]2(C)CC1. The number of esters is 1. The van der Waals surface area contributed by atoms with Crippen molar-refractivity contribution >= 4 is 28.5 Å². The molecule has 9 nitrogen and oxygen atoms in total. The molecule has 4 aliphatic rings. The normalized spacial score (nSPS) is 36.7. The number of oxime groups is 1. The van der Waals surface area contributed by atoms with E-state index in [4.69, 9.17) is 9.57 Å². The maximum atomic E-state index is 12.8. The predicted molar refractivity (Wildman–Crippen MR) is 163 cm³/mol. The first-order valence-corrected chi connectivity index (χ1v) is 15.7. The molecule has 1 amide bonds. The van der Waals surface area contributed by atoms with Gasteiger partial charge < -0.3 is 30.1 Å². The highest BCUT2D eigenvalue weighted by Gasteiger charge is 2.64. The molecule has 0 radical (unpaired) electrons. The number of carbonyl (C=O) groups excluding carboxylic acids is 2. The van der Waals surface area contributed by atoms with Crippen LogP contribution in [0.15, 0.2) is 47.3 Å². The van der Waals surface area contributed by atoms with E-state index in [2.05, 4.69) is 35.4 Å². The number of aliphatic hydroxyl groups is 2. The number of H-pyrrole nitrogens is 1. The van der Waals surface area contributed by atoms with Crippen LogP contribution in [0.25, 0.3) is 10.9 Å². The van der Waals surface area contributed by atoms with E-state index in [0.29, 0.717) is 24.7 Å². The Hall–Kier alpha value is -3.17. The van der Waals surface area contributed by atoms with Crippen molar-refractivity contribution in [2.45, 2.75) is 89.9 Å². The van der Waals surface area contributed by atoms with Gasteiger partial charge in [-0.15, -0.1) is 0 Å². The molecule has 3 fully saturated rings. The third-order valence-corrected chi connectivity index (χ3v) is 11.8. The summed E-state index contributed by atoms with van der Waals surface area (Å²) < 4.78 is 4.95. The smallest absolute Gasteiger partial charge is 0.328 e. The average Bonchev–Trinajstić information content (AvgIpc) is 3.48. The van der Waals surface area contributed by atoms with E-state index in [-0.39, 0.29) is 29.8 Å². The molecular weight excluding hydrogens is 546 g/mol. The van der Waals surface area contributed by atoms with E-state index < -0.39 is 29.6 Å². The van der Waals surface area contributed by atoms with Gasteiger partial charge in [-0.3, -0.25) is 4.79 Å². The second kappa shape index (κ2) is 11.1. The predicted octanol–water partition coefficient (Wildman–Crippen LogP) is 4.43. The molecule has 0 spiro atoms. The van der Waals surface area contributed by atoms with Crippen molar-refractivity contribution in [2.24, 2.45) is 33.7 Å². The summed E-state index contributed by atoms with van der Waals surface area (Å²) in [6.07, 6.45) is 9.75. The zero-order valence-electron chi connectivity index (χ0n) is 25.7. The standard InChI is InChI=1S/C34H45N3O6/c1-32-13-11-22(16-21(32)9-10-24-25-12-14-34(3,41)33(25,2)17-28(38)30(24)32)37-43-19-29(39)36-27(31(40)42-4)15-20-18-35-26-8-6-5-7-23(20)26/h5-8,16,18,24-25,27-28,30,35,38,41H,9-15,17,19H2,1-4H3,(H,36,39)/b37-22+/t24?,25?,27?,28?,30?,32-,33-,34-/m0/s1. The Labute approximate surface area is 253 Å². The maximum absolute atomic E-state index is 12.8. The number of rotatable bonds is 7. The number of nitrogens with zero attached hydrogens (tertiary/aromatic N) is 1. The molecule has 4 N–H and O–H groups in total. The number of aromatic amines is 1. The minimum Gasteiger partial charge on any atom is -0.467 e. The van der Waals surface area contributed by atoms with E-state index in [0.717, 1.165) is 54.3 Å². The number of methoxy groups -OCH3 is 1. The molecule has 1 heterocycles. The Morgan fingerprint density at radius 1 is 1.16 bits per heavy atom. The van der Waals surface area contributed by atoms with Crippen molar-refractivity contribution in [3.63, 3.8) is 0 Å². The first kappa shape index (κ1) is 29.9. The molecule has 3 saturated carbocycles. The summed E-state index contributed by atoms with van der Waals surface area (Å²) in [5.74, 6) is 0.0175. The molecule has 2 aromatic rings. The topological polar surface area (TPSA) is 133 Å². The zero-order chi connectivity index (χ0) is 30.6. The molecule has 8 atom stereocenters. The van der Waals surface area contributed by atoms with E-state index in [1.807, 2.05) is 37.4 Å². The van der Waals surface area contributed by atoms with Gasteiger partial charge in [0.2, 0.25) is 0 Å². The van der Waals surface area contributed by atoms with Gasteiger partial charge >= 0.3 is 5.97 Å². The number of benzene rings is 1. The monoisotopic (exact) mass is 591 g/mol. The number of aromatic nitrogens is 1. The van der Waals surface area contributed by atoms with Gasteiger partial charge in [-0.05, 0) is 92.7 Å². The molecule has 0 saturated heterocycles. The molecular formula is C34H45N3O6. The highest BCUT2D eigenvalue weighted by Crippen LogP contribution is 2.67. The van der Waals surface area contributed by atoms with Gasteiger partial charge in [0.05, 0.1) is 24.5 Å². The van der Waals surface area contributed by atoms with Gasteiger partial charge in [-0.1, -0.05) is 42.8 Å². The van der Waals surface area contributed by atoms with Crippen molar-refractivity contribution in [2.75, 3.05) is 13.7 Å². The molecule has 6 rings (SSSR count). The molecule has 0 aliphatic heterocycles. The van der Waals surface area contributed by atoms with Crippen LogP contribution in [0, 0.1) is 28.6 Å².